The summed E-state index contributed by atoms with van der Waals surface area (Å²) in [5.41, 5.74) is 1.75. The number of nitrogens with zero attached hydrogens (tertiary/aromatic N) is 1. The molecule has 1 atom stereocenters. The van der Waals surface area contributed by atoms with Gasteiger partial charge in [-0.05, 0) is 25.3 Å². The first-order chi connectivity index (χ1) is 11.1. The molecule has 0 unspecified atom stereocenters. The third-order valence-electron chi connectivity index (χ3n) is 3.75. The second kappa shape index (κ2) is 6.91. The number of anilines is 1. The molecule has 3 rings (SSSR count). The third-order valence-corrected chi connectivity index (χ3v) is 4.56. The Balaban J connectivity index is 1.51. The highest BCUT2D eigenvalue weighted by molar-refractivity contribution is 7.13. The van der Waals surface area contributed by atoms with Gasteiger partial charge in [0.2, 0.25) is 11.8 Å². The van der Waals surface area contributed by atoms with Crippen LogP contribution in [0.2, 0.25) is 0 Å². The molecule has 1 aliphatic rings. The molecule has 2 N–H and O–H groups in total. The van der Waals surface area contributed by atoms with E-state index in [2.05, 4.69) is 15.6 Å². The van der Waals surface area contributed by atoms with Gasteiger partial charge in [0.05, 0.1) is 18.2 Å². The van der Waals surface area contributed by atoms with E-state index in [1.54, 1.807) is 0 Å². The highest BCUT2D eigenvalue weighted by Crippen LogP contribution is 2.30. The first-order valence-electron chi connectivity index (χ1n) is 7.71. The fourth-order valence-electron chi connectivity index (χ4n) is 2.28. The summed E-state index contributed by atoms with van der Waals surface area (Å²) in [4.78, 5) is 28.1. The Labute approximate surface area is 139 Å². The van der Waals surface area contributed by atoms with Gasteiger partial charge in [0, 0.05) is 11.3 Å². The second-order valence-electron chi connectivity index (χ2n) is 5.78. The summed E-state index contributed by atoms with van der Waals surface area (Å²) in [5, 5.41) is 8.15. The Kier molecular flexibility index (Phi) is 4.71. The van der Waals surface area contributed by atoms with Crippen molar-refractivity contribution in [3.63, 3.8) is 0 Å². The maximum Gasteiger partial charge on any atom is 0.229 e. The molecule has 1 aliphatic carbocycles. The molecule has 6 heteroatoms. The Morgan fingerprint density at radius 2 is 2.04 bits per heavy atom. The van der Waals surface area contributed by atoms with Gasteiger partial charge >= 0.3 is 0 Å². The lowest BCUT2D eigenvalue weighted by molar-refractivity contribution is -0.121. The average Bonchev–Trinajstić information content (AvgIpc) is 3.31. The van der Waals surface area contributed by atoms with Gasteiger partial charge in [-0.15, -0.1) is 11.3 Å². The normalized spacial score (nSPS) is 15.0. The van der Waals surface area contributed by atoms with Gasteiger partial charge in [0.1, 0.15) is 0 Å². The van der Waals surface area contributed by atoms with Crippen molar-refractivity contribution < 1.29 is 9.59 Å². The van der Waals surface area contributed by atoms with Crippen molar-refractivity contribution >= 4 is 28.3 Å². The first kappa shape index (κ1) is 15.7. The number of hydrogen-bond donors (Lipinski definition) is 2. The maximum atomic E-state index is 12.1. The zero-order chi connectivity index (χ0) is 16.2. The summed E-state index contributed by atoms with van der Waals surface area (Å²) in [6.45, 7) is 1.95. The highest BCUT2D eigenvalue weighted by Gasteiger charge is 2.30. The minimum atomic E-state index is -0.0771. The van der Waals surface area contributed by atoms with Crippen LogP contribution < -0.4 is 10.6 Å². The van der Waals surface area contributed by atoms with E-state index in [1.165, 1.54) is 11.3 Å². The molecule has 120 valence electrons. The maximum absolute atomic E-state index is 12.1. The van der Waals surface area contributed by atoms with Crippen LogP contribution in [0.1, 0.15) is 37.1 Å². The van der Waals surface area contributed by atoms with Gasteiger partial charge in [-0.1, -0.05) is 30.3 Å². The van der Waals surface area contributed by atoms with Crippen LogP contribution in [0.4, 0.5) is 5.13 Å². The van der Waals surface area contributed by atoms with Crippen LogP contribution in [0.5, 0.6) is 0 Å². The van der Waals surface area contributed by atoms with E-state index < -0.39 is 0 Å². The monoisotopic (exact) mass is 329 g/mol. The molecule has 0 bridgehead atoms. The number of carbonyl (C=O) groups excluding carboxylic acids is 2. The Bertz CT molecular complexity index is 695. The summed E-state index contributed by atoms with van der Waals surface area (Å²) in [6.07, 6.45) is 2.14. The molecule has 0 aliphatic heterocycles. The second-order valence-corrected chi connectivity index (χ2v) is 6.64. The Morgan fingerprint density at radius 3 is 2.74 bits per heavy atom. The molecule has 23 heavy (non-hydrogen) atoms. The van der Waals surface area contributed by atoms with E-state index in [1.807, 2.05) is 42.6 Å². The highest BCUT2D eigenvalue weighted by atomic mass is 32.1. The fraction of sp³-hybridized carbons (Fsp3) is 0.353. The number of benzene rings is 1. The first-order valence-corrected chi connectivity index (χ1v) is 8.59. The molecule has 0 saturated heterocycles. The molecule has 2 aromatic rings. The molecular weight excluding hydrogens is 310 g/mol. The molecule has 1 aromatic heterocycles. The van der Waals surface area contributed by atoms with E-state index >= 15 is 0 Å². The van der Waals surface area contributed by atoms with E-state index in [0.717, 1.165) is 18.4 Å². The van der Waals surface area contributed by atoms with Gasteiger partial charge in [0.25, 0.3) is 0 Å². The molecule has 0 radical (unpaired) electrons. The van der Waals surface area contributed by atoms with Crippen molar-refractivity contribution in [1.82, 2.24) is 10.3 Å². The van der Waals surface area contributed by atoms with Crippen LogP contribution in [0.25, 0.3) is 0 Å². The van der Waals surface area contributed by atoms with Gasteiger partial charge in [-0.25, -0.2) is 4.98 Å². The predicted octanol–water partition coefficient (Wildman–Crippen LogP) is 2.91. The van der Waals surface area contributed by atoms with Gasteiger partial charge in [-0.3, -0.25) is 9.59 Å². The standard InChI is InChI=1S/C17H19N3O2S/c1-11(12-5-3-2-4-6-12)18-15(21)9-14-10-23-17(19-14)20-16(22)13-7-8-13/h2-6,10-11,13H,7-9H2,1H3,(H,18,21)(H,19,20,22)/t11-/m1/s1. The van der Waals surface area contributed by atoms with Crippen LogP contribution in [0.3, 0.4) is 0 Å². The summed E-state index contributed by atoms with van der Waals surface area (Å²) in [7, 11) is 0. The number of aromatic nitrogens is 1. The number of hydrogen-bond acceptors (Lipinski definition) is 4. The van der Waals surface area contributed by atoms with Crippen molar-refractivity contribution in [3.05, 3.63) is 47.0 Å². The molecule has 1 saturated carbocycles. The molecular formula is C17H19N3O2S. The van der Waals surface area contributed by atoms with Crippen molar-refractivity contribution in [2.75, 3.05) is 5.32 Å². The number of nitrogens with one attached hydrogen (secondary N) is 2. The summed E-state index contributed by atoms with van der Waals surface area (Å²) >= 11 is 1.36. The minimum absolute atomic E-state index is 0.0352. The van der Waals surface area contributed by atoms with Crippen molar-refractivity contribution in [2.24, 2.45) is 5.92 Å². The zero-order valence-electron chi connectivity index (χ0n) is 12.9. The van der Waals surface area contributed by atoms with E-state index in [0.29, 0.717) is 10.8 Å². The quantitative estimate of drug-likeness (QED) is 0.856. The average molecular weight is 329 g/mol. The Morgan fingerprint density at radius 1 is 1.30 bits per heavy atom. The smallest absolute Gasteiger partial charge is 0.229 e. The van der Waals surface area contributed by atoms with E-state index in [9.17, 15) is 9.59 Å². The van der Waals surface area contributed by atoms with Crippen LogP contribution in [-0.4, -0.2) is 16.8 Å². The minimum Gasteiger partial charge on any atom is -0.349 e. The van der Waals surface area contributed by atoms with Crippen LogP contribution in [-0.2, 0) is 16.0 Å². The predicted molar refractivity (Wildman–Crippen MR) is 90.2 cm³/mol. The summed E-state index contributed by atoms with van der Waals surface area (Å²) < 4.78 is 0. The summed E-state index contributed by atoms with van der Waals surface area (Å²) in [6, 6.07) is 9.78. The van der Waals surface area contributed by atoms with Crippen LogP contribution in [0.15, 0.2) is 35.7 Å². The van der Waals surface area contributed by atoms with E-state index in [4.69, 9.17) is 0 Å². The zero-order valence-corrected chi connectivity index (χ0v) is 13.7. The lowest BCUT2D eigenvalue weighted by atomic mass is 10.1. The number of carbonyl (C=O) groups is 2. The third kappa shape index (κ3) is 4.39. The van der Waals surface area contributed by atoms with Crippen molar-refractivity contribution in [3.8, 4) is 0 Å². The Hall–Kier alpha value is -2.21. The topological polar surface area (TPSA) is 71.1 Å². The molecule has 5 nitrogen and oxygen atoms in total. The largest absolute Gasteiger partial charge is 0.349 e. The number of amides is 2. The number of rotatable bonds is 6. The number of thiazole rings is 1. The molecule has 1 fully saturated rings. The molecule has 1 heterocycles. The van der Waals surface area contributed by atoms with Gasteiger partial charge in [0.15, 0.2) is 5.13 Å². The lowest BCUT2D eigenvalue weighted by Crippen LogP contribution is -2.28. The van der Waals surface area contributed by atoms with E-state index in [-0.39, 0.29) is 30.2 Å². The SMILES string of the molecule is C[C@@H](NC(=O)Cc1csc(NC(=O)C2CC2)n1)c1ccccc1. The molecule has 0 spiro atoms. The summed E-state index contributed by atoms with van der Waals surface area (Å²) in [5.74, 6) is 0.108. The van der Waals surface area contributed by atoms with Gasteiger partial charge in [-0.2, -0.15) is 0 Å². The van der Waals surface area contributed by atoms with Crippen molar-refractivity contribution in [1.29, 1.82) is 0 Å². The fourth-order valence-corrected chi connectivity index (χ4v) is 2.99. The van der Waals surface area contributed by atoms with Crippen LogP contribution in [0, 0.1) is 5.92 Å². The van der Waals surface area contributed by atoms with Gasteiger partial charge < -0.3 is 10.6 Å². The lowest BCUT2D eigenvalue weighted by Gasteiger charge is -2.13. The molecule has 1 aromatic carbocycles. The van der Waals surface area contributed by atoms with Crippen LogP contribution >= 0.6 is 11.3 Å². The molecule has 2 amide bonds. The van der Waals surface area contributed by atoms with Crippen molar-refractivity contribution in [2.45, 2.75) is 32.2 Å².